The third kappa shape index (κ3) is 3.22. The molecule has 0 aromatic carbocycles. The van der Waals surface area contributed by atoms with Gasteiger partial charge < -0.3 is 0 Å². The lowest BCUT2D eigenvalue weighted by atomic mass is 10.0. The van der Waals surface area contributed by atoms with E-state index in [0.717, 1.165) is 31.0 Å². The molecule has 3 nitrogen and oxygen atoms in total. The summed E-state index contributed by atoms with van der Waals surface area (Å²) in [4.78, 5) is 0. The summed E-state index contributed by atoms with van der Waals surface area (Å²) in [5.41, 5.74) is 0. The molecule has 1 unspecified atom stereocenters. The van der Waals surface area contributed by atoms with Crippen LogP contribution in [0, 0.1) is 0 Å². The fourth-order valence-corrected chi connectivity index (χ4v) is 3.57. The Hall–Kier alpha value is 0.390. The Bertz CT molecular complexity index is 251. The number of sulfonamides is 1. The van der Waals surface area contributed by atoms with Gasteiger partial charge in [-0.2, -0.15) is 4.31 Å². The average Bonchev–Trinajstić information content (AvgIpc) is 2.04. The van der Waals surface area contributed by atoms with Crippen molar-refractivity contribution in [3.05, 3.63) is 0 Å². The molecule has 0 saturated carbocycles. The van der Waals surface area contributed by atoms with E-state index in [2.05, 4.69) is 15.9 Å². The van der Waals surface area contributed by atoms with E-state index in [9.17, 15) is 8.42 Å². The number of rotatable bonds is 3. The zero-order chi connectivity index (χ0) is 9.90. The van der Waals surface area contributed by atoms with E-state index in [1.165, 1.54) is 6.26 Å². The van der Waals surface area contributed by atoms with Crippen molar-refractivity contribution in [1.82, 2.24) is 4.31 Å². The molecule has 0 radical (unpaired) electrons. The van der Waals surface area contributed by atoms with Crippen molar-refractivity contribution in [1.29, 1.82) is 0 Å². The zero-order valence-electron chi connectivity index (χ0n) is 7.87. The Morgan fingerprint density at radius 2 is 2.15 bits per heavy atom. The van der Waals surface area contributed by atoms with Crippen molar-refractivity contribution < 1.29 is 8.42 Å². The number of piperidine rings is 1. The maximum Gasteiger partial charge on any atom is 0.211 e. The SMILES string of the molecule is CS(=O)(=O)N1CCCCC1CCBr. The van der Waals surface area contributed by atoms with E-state index >= 15 is 0 Å². The van der Waals surface area contributed by atoms with Gasteiger partial charge in [0.15, 0.2) is 0 Å². The minimum atomic E-state index is -2.98. The van der Waals surface area contributed by atoms with E-state index < -0.39 is 10.0 Å². The lowest BCUT2D eigenvalue weighted by Crippen LogP contribution is -2.43. The molecule has 5 heteroatoms. The van der Waals surface area contributed by atoms with E-state index in [1.807, 2.05) is 0 Å². The number of alkyl halides is 1. The molecule has 1 heterocycles. The number of halogens is 1. The molecule has 0 aromatic rings. The predicted octanol–water partition coefficient (Wildman–Crippen LogP) is 1.59. The topological polar surface area (TPSA) is 37.4 Å². The number of nitrogens with zero attached hydrogens (tertiary/aromatic N) is 1. The molecule has 1 saturated heterocycles. The van der Waals surface area contributed by atoms with Crippen LogP contribution >= 0.6 is 15.9 Å². The van der Waals surface area contributed by atoms with Crippen LogP contribution in [-0.2, 0) is 10.0 Å². The molecule has 0 N–H and O–H groups in total. The minimum Gasteiger partial charge on any atom is -0.212 e. The highest BCUT2D eigenvalue weighted by Crippen LogP contribution is 2.22. The van der Waals surface area contributed by atoms with E-state index in [4.69, 9.17) is 0 Å². The van der Waals surface area contributed by atoms with Crippen molar-refractivity contribution in [3.63, 3.8) is 0 Å². The van der Waals surface area contributed by atoms with Gasteiger partial charge in [-0.05, 0) is 19.3 Å². The quantitative estimate of drug-likeness (QED) is 0.730. The van der Waals surface area contributed by atoms with Crippen LogP contribution in [0.3, 0.4) is 0 Å². The van der Waals surface area contributed by atoms with Gasteiger partial charge in [0, 0.05) is 17.9 Å². The van der Waals surface area contributed by atoms with Crippen LogP contribution < -0.4 is 0 Å². The lowest BCUT2D eigenvalue weighted by Gasteiger charge is -2.33. The summed E-state index contributed by atoms with van der Waals surface area (Å²) >= 11 is 3.36. The summed E-state index contributed by atoms with van der Waals surface area (Å²) in [7, 11) is -2.98. The van der Waals surface area contributed by atoms with Gasteiger partial charge in [0.1, 0.15) is 0 Å². The van der Waals surface area contributed by atoms with Gasteiger partial charge in [-0.15, -0.1) is 0 Å². The Morgan fingerprint density at radius 1 is 1.46 bits per heavy atom. The Balaban J connectivity index is 2.67. The molecule has 0 aromatic heterocycles. The average molecular weight is 270 g/mol. The number of hydrogen-bond donors (Lipinski definition) is 0. The highest BCUT2D eigenvalue weighted by molar-refractivity contribution is 9.09. The molecule has 0 bridgehead atoms. The maximum absolute atomic E-state index is 11.4. The largest absolute Gasteiger partial charge is 0.212 e. The van der Waals surface area contributed by atoms with E-state index in [-0.39, 0.29) is 6.04 Å². The van der Waals surface area contributed by atoms with Gasteiger partial charge in [-0.3, -0.25) is 0 Å². The van der Waals surface area contributed by atoms with E-state index in [1.54, 1.807) is 4.31 Å². The van der Waals surface area contributed by atoms with Crippen molar-refractivity contribution >= 4 is 26.0 Å². The van der Waals surface area contributed by atoms with Crippen LogP contribution in [0.5, 0.6) is 0 Å². The second-order valence-corrected chi connectivity index (χ2v) is 6.23. The molecule has 0 aliphatic carbocycles. The first-order chi connectivity index (χ1) is 6.05. The number of hydrogen-bond acceptors (Lipinski definition) is 2. The summed E-state index contributed by atoms with van der Waals surface area (Å²) in [6, 6.07) is 0.225. The summed E-state index contributed by atoms with van der Waals surface area (Å²) < 4.78 is 24.4. The molecule has 13 heavy (non-hydrogen) atoms. The van der Waals surface area contributed by atoms with Crippen molar-refractivity contribution in [2.75, 3.05) is 18.1 Å². The molecule has 78 valence electrons. The van der Waals surface area contributed by atoms with Gasteiger partial charge in [0.2, 0.25) is 10.0 Å². The third-order valence-electron chi connectivity index (χ3n) is 2.44. The second kappa shape index (κ2) is 4.75. The zero-order valence-corrected chi connectivity index (χ0v) is 10.3. The van der Waals surface area contributed by atoms with Gasteiger partial charge in [-0.1, -0.05) is 22.4 Å². The first-order valence-corrected chi connectivity index (χ1v) is 7.55. The lowest BCUT2D eigenvalue weighted by molar-refractivity contribution is 0.250. The van der Waals surface area contributed by atoms with Gasteiger partial charge in [0.05, 0.1) is 6.26 Å². The van der Waals surface area contributed by atoms with Gasteiger partial charge >= 0.3 is 0 Å². The van der Waals surface area contributed by atoms with Crippen LogP contribution in [0.2, 0.25) is 0 Å². The van der Waals surface area contributed by atoms with Crippen LogP contribution in [-0.4, -0.2) is 36.9 Å². The monoisotopic (exact) mass is 269 g/mol. The molecule has 1 atom stereocenters. The summed E-state index contributed by atoms with van der Waals surface area (Å²) in [6.07, 6.45) is 5.40. The highest BCUT2D eigenvalue weighted by Gasteiger charge is 2.28. The Labute approximate surface area is 88.7 Å². The van der Waals surface area contributed by atoms with Crippen LogP contribution in [0.25, 0.3) is 0 Å². The molecule has 1 fully saturated rings. The maximum atomic E-state index is 11.4. The van der Waals surface area contributed by atoms with Crippen LogP contribution in [0.15, 0.2) is 0 Å². The van der Waals surface area contributed by atoms with Gasteiger partial charge in [-0.25, -0.2) is 8.42 Å². The molecule has 1 rings (SSSR count). The fourth-order valence-electron chi connectivity index (χ4n) is 1.83. The normalized spacial score (nSPS) is 26.2. The molecular weight excluding hydrogens is 254 g/mol. The van der Waals surface area contributed by atoms with Crippen molar-refractivity contribution in [2.45, 2.75) is 31.7 Å². The van der Waals surface area contributed by atoms with Crippen LogP contribution in [0.1, 0.15) is 25.7 Å². The minimum absolute atomic E-state index is 0.225. The molecular formula is C8H16BrNO2S. The second-order valence-electron chi connectivity index (χ2n) is 3.50. The molecule has 1 aliphatic rings. The highest BCUT2D eigenvalue weighted by atomic mass is 79.9. The van der Waals surface area contributed by atoms with Crippen molar-refractivity contribution in [2.24, 2.45) is 0 Å². The summed E-state index contributed by atoms with van der Waals surface area (Å²) in [5.74, 6) is 0. The fraction of sp³-hybridized carbons (Fsp3) is 1.00. The summed E-state index contributed by atoms with van der Waals surface area (Å²) in [5, 5.41) is 0.879. The van der Waals surface area contributed by atoms with E-state index in [0.29, 0.717) is 6.54 Å². The standard InChI is InChI=1S/C8H16BrNO2S/c1-13(11,12)10-7-3-2-4-8(10)5-6-9/h8H,2-7H2,1H3. The predicted molar refractivity (Wildman–Crippen MR) is 57.6 cm³/mol. The third-order valence-corrected chi connectivity index (χ3v) is 4.23. The first-order valence-electron chi connectivity index (χ1n) is 4.58. The first kappa shape index (κ1) is 11.5. The summed E-state index contributed by atoms with van der Waals surface area (Å²) in [6.45, 7) is 0.705. The Morgan fingerprint density at radius 3 is 2.69 bits per heavy atom. The van der Waals surface area contributed by atoms with Crippen molar-refractivity contribution in [3.8, 4) is 0 Å². The smallest absolute Gasteiger partial charge is 0.211 e. The van der Waals surface area contributed by atoms with Crippen LogP contribution in [0.4, 0.5) is 0 Å². The molecule has 1 aliphatic heterocycles. The molecule has 0 spiro atoms. The van der Waals surface area contributed by atoms with Gasteiger partial charge in [0.25, 0.3) is 0 Å². The molecule has 0 amide bonds. The Kier molecular flexibility index (Phi) is 4.19.